The lowest BCUT2D eigenvalue weighted by Crippen LogP contribution is -2.13. The fourth-order valence-corrected chi connectivity index (χ4v) is 2.09. The summed E-state index contributed by atoms with van der Waals surface area (Å²) in [7, 11) is -4.27. The number of pyridine rings is 1. The Kier molecular flexibility index (Phi) is 3.26. The molecule has 84 valence electrons. The first-order valence-electron chi connectivity index (χ1n) is 3.44. The predicted molar refractivity (Wildman–Crippen MR) is 49.9 cm³/mol. The highest BCUT2D eigenvalue weighted by molar-refractivity contribution is 9.10. The lowest BCUT2D eigenvalue weighted by molar-refractivity contribution is 0.141. The van der Waals surface area contributed by atoms with Gasteiger partial charge in [-0.15, -0.1) is 0 Å². The zero-order chi connectivity index (χ0) is 11.8. The SMILES string of the molecule is NS(=O)(=O)c1cc(Br)nc(C(F)F)c1O. The first-order chi connectivity index (χ1) is 6.73. The van der Waals surface area contributed by atoms with Crippen molar-refractivity contribution in [1.29, 1.82) is 0 Å². The molecule has 0 bridgehead atoms. The minimum atomic E-state index is -4.27. The number of hydrogen-bond acceptors (Lipinski definition) is 4. The van der Waals surface area contributed by atoms with Crippen molar-refractivity contribution in [3.63, 3.8) is 0 Å². The van der Waals surface area contributed by atoms with E-state index in [9.17, 15) is 22.3 Å². The molecule has 1 aromatic heterocycles. The van der Waals surface area contributed by atoms with Crippen molar-refractivity contribution in [3.05, 3.63) is 16.4 Å². The van der Waals surface area contributed by atoms with Crippen LogP contribution in [0.2, 0.25) is 0 Å². The minimum Gasteiger partial charge on any atom is -0.505 e. The van der Waals surface area contributed by atoms with Gasteiger partial charge in [0.15, 0.2) is 11.4 Å². The average molecular weight is 303 g/mol. The van der Waals surface area contributed by atoms with Crippen LogP contribution >= 0.6 is 15.9 Å². The summed E-state index contributed by atoms with van der Waals surface area (Å²) in [6, 6.07) is 0.844. The molecule has 0 saturated heterocycles. The number of halogens is 3. The second kappa shape index (κ2) is 3.99. The third-order valence-corrected chi connectivity index (χ3v) is 2.80. The Morgan fingerprint density at radius 3 is 2.47 bits per heavy atom. The fourth-order valence-electron chi connectivity index (χ4n) is 0.872. The van der Waals surface area contributed by atoms with E-state index in [-0.39, 0.29) is 4.60 Å². The molecule has 1 aromatic rings. The summed E-state index contributed by atoms with van der Waals surface area (Å²) in [6.45, 7) is 0. The van der Waals surface area contributed by atoms with Crippen molar-refractivity contribution in [3.8, 4) is 5.75 Å². The Bertz CT molecular complexity index is 491. The summed E-state index contributed by atoms with van der Waals surface area (Å²) in [6.07, 6.45) is -3.09. The third-order valence-electron chi connectivity index (χ3n) is 1.47. The van der Waals surface area contributed by atoms with E-state index >= 15 is 0 Å². The van der Waals surface area contributed by atoms with E-state index < -0.39 is 32.8 Å². The molecular formula is C6H5BrF2N2O3S. The second-order valence-corrected chi connectivity index (χ2v) is 4.86. The largest absolute Gasteiger partial charge is 0.505 e. The first-order valence-corrected chi connectivity index (χ1v) is 5.77. The van der Waals surface area contributed by atoms with E-state index in [1.165, 1.54) is 0 Å². The molecule has 15 heavy (non-hydrogen) atoms. The van der Waals surface area contributed by atoms with E-state index in [4.69, 9.17) is 5.14 Å². The van der Waals surface area contributed by atoms with Crippen LogP contribution in [-0.4, -0.2) is 18.5 Å². The van der Waals surface area contributed by atoms with Gasteiger partial charge in [-0.1, -0.05) is 0 Å². The molecule has 0 aliphatic rings. The molecule has 0 saturated carbocycles. The Morgan fingerprint density at radius 1 is 1.53 bits per heavy atom. The number of aromatic hydroxyl groups is 1. The van der Waals surface area contributed by atoms with Crippen LogP contribution in [0.3, 0.4) is 0 Å². The Hall–Kier alpha value is -0.800. The number of nitrogens with zero attached hydrogens (tertiary/aromatic N) is 1. The lowest BCUT2D eigenvalue weighted by atomic mass is 10.3. The number of sulfonamides is 1. The van der Waals surface area contributed by atoms with E-state index in [0.29, 0.717) is 0 Å². The number of alkyl halides is 2. The molecule has 0 aliphatic carbocycles. The molecule has 3 N–H and O–H groups in total. The van der Waals surface area contributed by atoms with Gasteiger partial charge in [-0.3, -0.25) is 0 Å². The van der Waals surface area contributed by atoms with E-state index in [1.807, 2.05) is 0 Å². The molecule has 0 unspecified atom stereocenters. The molecule has 5 nitrogen and oxygen atoms in total. The summed E-state index contributed by atoms with van der Waals surface area (Å²) in [5.41, 5.74) is -1.03. The summed E-state index contributed by atoms with van der Waals surface area (Å²) in [5, 5.41) is 13.9. The van der Waals surface area contributed by atoms with E-state index in [1.54, 1.807) is 0 Å². The summed E-state index contributed by atoms with van der Waals surface area (Å²) in [4.78, 5) is 2.45. The molecule has 1 heterocycles. The van der Waals surface area contributed by atoms with Gasteiger partial charge < -0.3 is 5.11 Å². The molecule has 0 radical (unpaired) electrons. The van der Waals surface area contributed by atoms with Gasteiger partial charge in [-0.05, 0) is 22.0 Å². The molecule has 0 spiro atoms. The van der Waals surface area contributed by atoms with Crippen molar-refractivity contribution in [2.45, 2.75) is 11.3 Å². The van der Waals surface area contributed by atoms with Crippen molar-refractivity contribution in [1.82, 2.24) is 4.98 Å². The first kappa shape index (κ1) is 12.3. The number of rotatable bonds is 2. The lowest BCUT2D eigenvalue weighted by Gasteiger charge is -2.07. The van der Waals surface area contributed by atoms with Crippen LogP contribution in [0.5, 0.6) is 5.75 Å². The Morgan fingerprint density at radius 2 is 2.07 bits per heavy atom. The highest BCUT2D eigenvalue weighted by Crippen LogP contribution is 2.33. The topological polar surface area (TPSA) is 93.3 Å². The number of primary sulfonamides is 1. The summed E-state index contributed by atoms with van der Waals surface area (Å²) < 4.78 is 46.3. The third kappa shape index (κ3) is 2.61. The van der Waals surface area contributed by atoms with Gasteiger partial charge in [0.05, 0.1) is 0 Å². The van der Waals surface area contributed by atoms with Crippen molar-refractivity contribution < 1.29 is 22.3 Å². The quantitative estimate of drug-likeness (QED) is 0.801. The van der Waals surface area contributed by atoms with Gasteiger partial charge in [0.1, 0.15) is 9.50 Å². The van der Waals surface area contributed by atoms with Crippen molar-refractivity contribution in [2.24, 2.45) is 5.14 Å². The van der Waals surface area contributed by atoms with E-state index in [0.717, 1.165) is 6.07 Å². The van der Waals surface area contributed by atoms with Gasteiger partial charge in [-0.25, -0.2) is 27.3 Å². The van der Waals surface area contributed by atoms with Crippen molar-refractivity contribution >= 4 is 26.0 Å². The van der Waals surface area contributed by atoms with Crippen molar-refractivity contribution in [2.75, 3.05) is 0 Å². The Balaban J connectivity index is 3.56. The predicted octanol–water partition coefficient (Wildman–Crippen LogP) is 1.13. The van der Waals surface area contributed by atoms with Crippen LogP contribution < -0.4 is 5.14 Å². The normalized spacial score (nSPS) is 12.1. The molecule has 0 fully saturated rings. The second-order valence-electron chi connectivity index (χ2n) is 2.52. The molecule has 0 amide bonds. The van der Waals surface area contributed by atoms with Gasteiger partial charge in [0.2, 0.25) is 10.0 Å². The van der Waals surface area contributed by atoms with Gasteiger partial charge in [0, 0.05) is 0 Å². The molecular weight excluding hydrogens is 298 g/mol. The van der Waals surface area contributed by atoms with Crippen LogP contribution in [-0.2, 0) is 10.0 Å². The Labute approximate surface area is 92.1 Å². The van der Waals surface area contributed by atoms with Crippen LogP contribution in [0.15, 0.2) is 15.6 Å². The monoisotopic (exact) mass is 302 g/mol. The molecule has 0 aliphatic heterocycles. The van der Waals surface area contributed by atoms with E-state index in [2.05, 4.69) is 20.9 Å². The van der Waals surface area contributed by atoms with Crippen LogP contribution in [0.4, 0.5) is 8.78 Å². The van der Waals surface area contributed by atoms with Crippen LogP contribution in [0.25, 0.3) is 0 Å². The number of aromatic nitrogens is 1. The molecule has 0 atom stereocenters. The molecule has 0 aromatic carbocycles. The van der Waals surface area contributed by atoms with Crippen LogP contribution in [0.1, 0.15) is 12.1 Å². The van der Waals surface area contributed by atoms with Gasteiger partial charge in [-0.2, -0.15) is 0 Å². The zero-order valence-corrected chi connectivity index (χ0v) is 9.39. The molecule has 9 heteroatoms. The van der Waals surface area contributed by atoms with Gasteiger partial charge >= 0.3 is 0 Å². The van der Waals surface area contributed by atoms with Crippen LogP contribution in [0, 0.1) is 0 Å². The highest BCUT2D eigenvalue weighted by Gasteiger charge is 2.24. The fraction of sp³-hybridized carbons (Fsp3) is 0.167. The number of hydrogen-bond donors (Lipinski definition) is 2. The van der Waals surface area contributed by atoms with Gasteiger partial charge in [0.25, 0.3) is 6.43 Å². The maximum absolute atomic E-state index is 12.3. The summed E-state index contributed by atoms with van der Waals surface area (Å²) in [5.74, 6) is -1.13. The maximum Gasteiger partial charge on any atom is 0.284 e. The standard InChI is InChI=1S/C6H5BrF2N2O3S/c7-3-1-2(15(10,13)14)5(12)4(11-3)6(8)9/h1,6,12H,(H2,10,13,14). The maximum atomic E-state index is 12.3. The average Bonchev–Trinajstić information content (AvgIpc) is 2.06. The minimum absolute atomic E-state index is 0.153. The zero-order valence-electron chi connectivity index (χ0n) is 6.99. The highest BCUT2D eigenvalue weighted by atomic mass is 79.9. The molecule has 1 rings (SSSR count). The summed E-state index contributed by atoms with van der Waals surface area (Å²) >= 11 is 2.73. The smallest absolute Gasteiger partial charge is 0.284 e. The number of nitrogens with two attached hydrogens (primary N) is 1.